The molecule has 0 bridgehead atoms. The molecule has 3 rings (SSSR count). The highest BCUT2D eigenvalue weighted by Gasteiger charge is 2.25. The van der Waals surface area contributed by atoms with Gasteiger partial charge in [-0.1, -0.05) is 23.7 Å². The van der Waals surface area contributed by atoms with Crippen molar-refractivity contribution in [1.82, 2.24) is 10.2 Å². The van der Waals surface area contributed by atoms with E-state index in [1.165, 1.54) is 31.1 Å². The van der Waals surface area contributed by atoms with Gasteiger partial charge in [0.1, 0.15) is 0 Å². The molecule has 0 spiro atoms. The molecule has 1 aromatic rings. The number of likely N-dealkylation sites (tertiary alicyclic amines) is 1. The first kappa shape index (κ1) is 18.9. The van der Waals surface area contributed by atoms with Crippen LogP contribution in [0.5, 0.6) is 0 Å². The third kappa shape index (κ3) is 5.86. The van der Waals surface area contributed by atoms with Crippen molar-refractivity contribution in [2.24, 2.45) is 5.92 Å². The molecule has 128 valence electrons. The van der Waals surface area contributed by atoms with Crippen LogP contribution in [0, 0.1) is 5.92 Å². The second-order valence-corrected chi connectivity index (χ2v) is 7.65. The first-order valence-electron chi connectivity index (χ1n) is 8.11. The van der Waals surface area contributed by atoms with Crippen molar-refractivity contribution >= 4 is 41.7 Å². The van der Waals surface area contributed by atoms with Gasteiger partial charge in [0.25, 0.3) is 0 Å². The summed E-state index contributed by atoms with van der Waals surface area (Å²) in [6.45, 7) is 2.93. The molecule has 1 saturated carbocycles. The van der Waals surface area contributed by atoms with Gasteiger partial charge in [0.05, 0.1) is 10.8 Å². The van der Waals surface area contributed by atoms with Crippen LogP contribution in [-0.2, 0) is 4.79 Å². The number of carbonyl (C=O) groups excluding carboxylic acids is 1. The van der Waals surface area contributed by atoms with Crippen LogP contribution >= 0.6 is 35.8 Å². The first-order valence-corrected chi connectivity index (χ1v) is 9.47. The Kier molecular flexibility index (Phi) is 7.54. The molecule has 1 amide bonds. The zero-order valence-electron chi connectivity index (χ0n) is 13.2. The van der Waals surface area contributed by atoms with Crippen molar-refractivity contribution in [2.45, 2.75) is 36.6 Å². The third-order valence-corrected chi connectivity index (χ3v) is 5.93. The van der Waals surface area contributed by atoms with Crippen LogP contribution in [0.4, 0.5) is 0 Å². The van der Waals surface area contributed by atoms with Gasteiger partial charge in [-0.3, -0.25) is 4.79 Å². The van der Waals surface area contributed by atoms with Gasteiger partial charge in [-0.25, -0.2) is 0 Å². The van der Waals surface area contributed by atoms with Gasteiger partial charge in [0.2, 0.25) is 5.91 Å². The molecule has 2 fully saturated rings. The molecule has 3 nitrogen and oxygen atoms in total. The monoisotopic (exact) mass is 374 g/mol. The topological polar surface area (TPSA) is 32.3 Å². The van der Waals surface area contributed by atoms with E-state index in [0.717, 1.165) is 41.8 Å². The van der Waals surface area contributed by atoms with E-state index in [-0.39, 0.29) is 18.3 Å². The number of amides is 1. The average Bonchev–Trinajstić information content (AvgIpc) is 3.37. The zero-order valence-corrected chi connectivity index (χ0v) is 15.6. The molecular weight excluding hydrogens is 351 g/mol. The summed E-state index contributed by atoms with van der Waals surface area (Å²) in [4.78, 5) is 15.3. The summed E-state index contributed by atoms with van der Waals surface area (Å²) in [7, 11) is 0. The number of rotatable bonds is 6. The summed E-state index contributed by atoms with van der Waals surface area (Å²) < 4.78 is 0. The van der Waals surface area contributed by atoms with Crippen LogP contribution < -0.4 is 5.32 Å². The summed E-state index contributed by atoms with van der Waals surface area (Å²) in [6.07, 6.45) is 4.94. The smallest absolute Gasteiger partial charge is 0.232 e. The number of hydrogen-bond acceptors (Lipinski definition) is 3. The number of nitrogens with zero attached hydrogens (tertiary/aromatic N) is 1. The van der Waals surface area contributed by atoms with E-state index in [0.29, 0.717) is 11.8 Å². The fourth-order valence-corrected chi connectivity index (χ4v) is 3.92. The minimum atomic E-state index is 0. The molecule has 1 heterocycles. The SMILES string of the molecule is Cl.O=C(CSc1ccccc1Cl)N1CCC(NCC2CC2)CC1. The maximum Gasteiger partial charge on any atom is 0.232 e. The van der Waals surface area contributed by atoms with Crippen molar-refractivity contribution in [3.05, 3.63) is 29.3 Å². The summed E-state index contributed by atoms with van der Waals surface area (Å²) in [6, 6.07) is 8.30. The maximum absolute atomic E-state index is 12.3. The molecule has 1 aliphatic heterocycles. The Balaban J connectivity index is 0.00000192. The first-order chi connectivity index (χ1) is 10.7. The predicted molar refractivity (Wildman–Crippen MR) is 99.8 cm³/mol. The Hall–Kier alpha value is -0.420. The van der Waals surface area contributed by atoms with Crippen molar-refractivity contribution in [2.75, 3.05) is 25.4 Å². The lowest BCUT2D eigenvalue weighted by Crippen LogP contribution is -2.45. The molecule has 1 N–H and O–H groups in total. The molecule has 2 aliphatic rings. The van der Waals surface area contributed by atoms with Crippen molar-refractivity contribution in [3.8, 4) is 0 Å². The van der Waals surface area contributed by atoms with Gasteiger partial charge >= 0.3 is 0 Å². The molecule has 6 heteroatoms. The molecule has 0 aromatic heterocycles. The molecule has 1 aromatic carbocycles. The zero-order chi connectivity index (χ0) is 15.4. The van der Waals surface area contributed by atoms with Crippen molar-refractivity contribution < 1.29 is 4.79 Å². The predicted octanol–water partition coefficient (Wildman–Crippen LogP) is 3.84. The lowest BCUT2D eigenvalue weighted by molar-refractivity contribution is -0.129. The lowest BCUT2D eigenvalue weighted by atomic mass is 10.0. The van der Waals surface area contributed by atoms with Crippen LogP contribution in [-0.4, -0.2) is 42.2 Å². The third-order valence-electron chi connectivity index (χ3n) is 4.43. The molecular formula is C17H24Cl2N2OS. The lowest BCUT2D eigenvalue weighted by Gasteiger charge is -2.32. The number of nitrogens with one attached hydrogen (secondary N) is 1. The highest BCUT2D eigenvalue weighted by atomic mass is 35.5. The highest BCUT2D eigenvalue weighted by Crippen LogP contribution is 2.28. The normalized spacial score (nSPS) is 18.6. The van der Waals surface area contributed by atoms with E-state index < -0.39 is 0 Å². The summed E-state index contributed by atoms with van der Waals surface area (Å²) in [5, 5.41) is 4.37. The summed E-state index contributed by atoms with van der Waals surface area (Å²) in [5.41, 5.74) is 0. The van der Waals surface area contributed by atoms with Gasteiger partial charge in [-0.05, 0) is 50.3 Å². The fraction of sp³-hybridized carbons (Fsp3) is 0.588. The minimum Gasteiger partial charge on any atom is -0.342 e. The Morgan fingerprint density at radius 2 is 1.91 bits per heavy atom. The Labute approximate surface area is 153 Å². The number of thioether (sulfide) groups is 1. The van der Waals surface area contributed by atoms with E-state index in [2.05, 4.69) is 5.32 Å². The van der Waals surface area contributed by atoms with Crippen molar-refractivity contribution in [3.63, 3.8) is 0 Å². The van der Waals surface area contributed by atoms with E-state index >= 15 is 0 Å². The number of piperidine rings is 1. The number of hydrogen-bond donors (Lipinski definition) is 1. The fourth-order valence-electron chi connectivity index (χ4n) is 2.78. The molecule has 1 saturated heterocycles. The second-order valence-electron chi connectivity index (χ2n) is 6.23. The van der Waals surface area contributed by atoms with E-state index in [1.807, 2.05) is 29.2 Å². The highest BCUT2D eigenvalue weighted by molar-refractivity contribution is 8.00. The van der Waals surface area contributed by atoms with Gasteiger partial charge in [0, 0.05) is 24.0 Å². The van der Waals surface area contributed by atoms with Crippen LogP contribution in [0.25, 0.3) is 0 Å². The van der Waals surface area contributed by atoms with Crippen LogP contribution in [0.2, 0.25) is 5.02 Å². The van der Waals surface area contributed by atoms with Crippen LogP contribution in [0.1, 0.15) is 25.7 Å². The molecule has 0 atom stereocenters. The largest absolute Gasteiger partial charge is 0.342 e. The van der Waals surface area contributed by atoms with Gasteiger partial charge < -0.3 is 10.2 Å². The van der Waals surface area contributed by atoms with E-state index in [4.69, 9.17) is 11.6 Å². The average molecular weight is 375 g/mol. The summed E-state index contributed by atoms with van der Waals surface area (Å²) in [5.74, 6) is 1.63. The van der Waals surface area contributed by atoms with Gasteiger partial charge in [0.15, 0.2) is 0 Å². The van der Waals surface area contributed by atoms with Crippen LogP contribution in [0.15, 0.2) is 29.2 Å². The Bertz CT molecular complexity index is 517. The molecule has 1 aliphatic carbocycles. The minimum absolute atomic E-state index is 0. The second kappa shape index (κ2) is 9.16. The van der Waals surface area contributed by atoms with E-state index in [1.54, 1.807) is 0 Å². The molecule has 23 heavy (non-hydrogen) atoms. The standard InChI is InChI=1S/C17H23ClN2OS.ClH/c18-15-3-1-2-4-16(15)22-12-17(21)20-9-7-14(8-10-20)19-11-13-5-6-13;/h1-4,13-14,19H,5-12H2;1H. The summed E-state index contributed by atoms with van der Waals surface area (Å²) >= 11 is 7.66. The van der Waals surface area contributed by atoms with E-state index in [9.17, 15) is 4.79 Å². The Morgan fingerprint density at radius 3 is 2.57 bits per heavy atom. The number of halogens is 2. The maximum atomic E-state index is 12.3. The molecule has 0 unspecified atom stereocenters. The van der Waals surface area contributed by atoms with Gasteiger partial charge in [-0.2, -0.15) is 0 Å². The van der Waals surface area contributed by atoms with Crippen LogP contribution in [0.3, 0.4) is 0 Å². The number of carbonyl (C=O) groups is 1. The Morgan fingerprint density at radius 1 is 1.22 bits per heavy atom. The molecule has 0 radical (unpaired) electrons. The van der Waals surface area contributed by atoms with Gasteiger partial charge in [-0.15, -0.1) is 24.2 Å². The quantitative estimate of drug-likeness (QED) is 0.767. The van der Waals surface area contributed by atoms with Crippen molar-refractivity contribution in [1.29, 1.82) is 0 Å². The number of benzene rings is 1.